The minimum absolute atomic E-state index is 0.129. The third-order valence-corrected chi connectivity index (χ3v) is 11.1. The van der Waals surface area contributed by atoms with E-state index in [0.717, 1.165) is 27.8 Å². The number of hydrogen-bond donors (Lipinski definition) is 0. The molecule has 0 saturated carbocycles. The van der Waals surface area contributed by atoms with Gasteiger partial charge in [0.2, 0.25) is 0 Å². The standard InChI is InChI=1S/2C13H15N.C10H8.3C9H7N.4C5H12/c1-13(2,3)11-7-6-10-5-4-8-14-12(10)9-11;1-13(2,3)12-9-8-10-6-4-5-7-11(10)14-12;1-2-6-10-8-4-3-7-9(10)5-1;2*1-2-6-9-8(4-1)5-3-7-10-9;1-2-4-9-7-10-6-5-8(9)3-1;4*1-5(2,3)4/h2*4-9H,1-3H3;1-8H;3*1-7H;4*1-4H3. The van der Waals surface area contributed by atoms with Crippen LogP contribution in [0.25, 0.3) is 65.2 Å². The molecule has 5 heterocycles. The van der Waals surface area contributed by atoms with Crippen LogP contribution in [0.1, 0.15) is 164 Å². The van der Waals surface area contributed by atoms with Crippen LogP contribution in [0.4, 0.5) is 0 Å². The highest BCUT2D eigenvalue weighted by Gasteiger charge is 2.15. The molecule has 0 aliphatic rings. The highest BCUT2D eigenvalue weighted by molar-refractivity contribution is 5.83. The van der Waals surface area contributed by atoms with Gasteiger partial charge in [-0.05, 0) is 109 Å². The van der Waals surface area contributed by atoms with E-state index in [2.05, 4.69) is 311 Å². The Kier molecular flexibility index (Phi) is 30.0. The maximum absolute atomic E-state index is 4.65. The van der Waals surface area contributed by atoms with Crippen molar-refractivity contribution in [3.63, 3.8) is 0 Å². The van der Waals surface area contributed by atoms with E-state index >= 15 is 0 Å². The number of pyridine rings is 5. The number of para-hydroxylation sites is 3. The highest BCUT2D eigenvalue weighted by atomic mass is 14.7. The Hall–Kier alpha value is -8.15. The van der Waals surface area contributed by atoms with Gasteiger partial charge in [0.05, 0.1) is 22.1 Å². The molecule has 0 aliphatic heterocycles. The second-order valence-corrected chi connectivity index (χ2v) is 30.3. The molecule has 0 saturated heterocycles. The van der Waals surface area contributed by atoms with E-state index < -0.39 is 0 Å². The first-order valence-corrected chi connectivity index (χ1v) is 31.0. The van der Waals surface area contributed by atoms with Crippen LogP contribution < -0.4 is 0 Å². The van der Waals surface area contributed by atoms with Gasteiger partial charge in [0.15, 0.2) is 0 Å². The fourth-order valence-electron chi connectivity index (χ4n) is 7.21. The van der Waals surface area contributed by atoms with E-state index in [0.29, 0.717) is 21.7 Å². The van der Waals surface area contributed by atoms with Crippen molar-refractivity contribution in [1.82, 2.24) is 24.9 Å². The zero-order valence-corrected chi connectivity index (χ0v) is 57.9. The fourth-order valence-corrected chi connectivity index (χ4v) is 7.21. The zero-order chi connectivity index (χ0) is 65.6. The maximum Gasteiger partial charge on any atom is 0.0705 e. The summed E-state index contributed by atoms with van der Waals surface area (Å²) in [6.45, 7) is 48.2. The monoisotopic (exact) mass is 1170 g/mol. The summed E-state index contributed by atoms with van der Waals surface area (Å²) >= 11 is 0. The summed E-state index contributed by atoms with van der Waals surface area (Å²) in [6.07, 6.45) is 9.14. The van der Waals surface area contributed by atoms with Gasteiger partial charge in [-0.3, -0.25) is 24.9 Å². The number of rotatable bonds is 0. The zero-order valence-electron chi connectivity index (χ0n) is 57.9. The smallest absolute Gasteiger partial charge is 0.0705 e. The summed E-state index contributed by atoms with van der Waals surface area (Å²) in [5.74, 6) is 0. The lowest BCUT2D eigenvalue weighted by Crippen LogP contribution is -2.13. The molecule has 0 radical (unpaired) electrons. The predicted molar refractivity (Wildman–Crippen MR) is 391 cm³/mol. The van der Waals surface area contributed by atoms with Crippen molar-refractivity contribution in [3.8, 4) is 0 Å². The van der Waals surface area contributed by atoms with Gasteiger partial charge in [-0.15, -0.1) is 0 Å². The average Bonchev–Trinajstić information content (AvgIpc) is 2.54. The molecular weight excluding hydrogens is 1070 g/mol. The average molecular weight is 1170 g/mol. The number of fused-ring (bicyclic) bond motifs is 6. The minimum atomic E-state index is 0.129. The normalized spacial score (nSPS) is 11.1. The van der Waals surface area contributed by atoms with Crippen LogP contribution in [0.15, 0.2) is 249 Å². The summed E-state index contributed by atoms with van der Waals surface area (Å²) in [7, 11) is 0. The Labute approximate surface area is 532 Å². The Morgan fingerprint density at radius 2 is 0.511 bits per heavy atom. The summed E-state index contributed by atoms with van der Waals surface area (Å²) in [5, 5.41) is 9.88. The van der Waals surface area contributed by atoms with E-state index in [-0.39, 0.29) is 10.8 Å². The molecule has 12 aromatic rings. The molecule has 5 heteroatoms. The summed E-state index contributed by atoms with van der Waals surface area (Å²) in [5.41, 5.74) is 9.10. The van der Waals surface area contributed by atoms with Crippen molar-refractivity contribution in [2.24, 2.45) is 21.7 Å². The molecule has 0 fully saturated rings. The molecule has 0 aliphatic carbocycles. The Balaban J connectivity index is 0.000000262. The Bertz CT molecular complexity index is 3170. The van der Waals surface area contributed by atoms with Crippen LogP contribution in [0.5, 0.6) is 0 Å². The molecule has 0 amide bonds. The molecule has 0 atom stereocenters. The van der Waals surface area contributed by atoms with Crippen molar-refractivity contribution in [2.75, 3.05) is 0 Å². The lowest BCUT2D eigenvalue weighted by Gasteiger charge is -2.19. The molecule has 0 spiro atoms. The van der Waals surface area contributed by atoms with Crippen molar-refractivity contribution in [3.05, 3.63) is 261 Å². The first-order chi connectivity index (χ1) is 41.0. The summed E-state index contributed by atoms with van der Waals surface area (Å²) in [6, 6.07) is 74.1. The topological polar surface area (TPSA) is 64.5 Å². The SMILES string of the molecule is CC(C)(C)C.CC(C)(C)C.CC(C)(C)C.CC(C)(C)C.CC(C)(C)c1ccc2ccccc2n1.CC(C)(C)c1ccc2cccnc2c1.c1ccc2ccccc2c1.c1ccc2cnccc2c1.c1ccc2ncccc2c1.c1ccc2ncccc2c1. The largest absolute Gasteiger partial charge is 0.264 e. The summed E-state index contributed by atoms with van der Waals surface area (Å²) < 4.78 is 0. The molecule has 5 aromatic heterocycles. The fraction of sp³-hybridized carbons (Fsp3) is 0.337. The van der Waals surface area contributed by atoms with Crippen LogP contribution in [0.2, 0.25) is 0 Å². The van der Waals surface area contributed by atoms with Gasteiger partial charge in [0, 0.05) is 63.6 Å². The van der Waals surface area contributed by atoms with Crippen molar-refractivity contribution in [1.29, 1.82) is 0 Å². The van der Waals surface area contributed by atoms with E-state index in [4.69, 9.17) is 0 Å². The first-order valence-electron chi connectivity index (χ1n) is 31.0. The van der Waals surface area contributed by atoms with Crippen molar-refractivity contribution in [2.45, 2.75) is 163 Å². The second kappa shape index (κ2) is 35.6. The molecule has 88 heavy (non-hydrogen) atoms. The van der Waals surface area contributed by atoms with E-state index in [9.17, 15) is 0 Å². The van der Waals surface area contributed by atoms with Gasteiger partial charge in [0.1, 0.15) is 0 Å². The lowest BCUT2D eigenvalue weighted by atomic mass is 9.86. The Morgan fingerprint density at radius 3 is 0.864 bits per heavy atom. The van der Waals surface area contributed by atoms with Gasteiger partial charge in [-0.2, -0.15) is 0 Å². The maximum atomic E-state index is 4.65. The molecule has 0 N–H and O–H groups in total. The van der Waals surface area contributed by atoms with Gasteiger partial charge in [0.25, 0.3) is 0 Å². The molecule has 7 aromatic carbocycles. The minimum Gasteiger partial charge on any atom is -0.264 e. The van der Waals surface area contributed by atoms with E-state index in [1.165, 1.54) is 48.7 Å². The van der Waals surface area contributed by atoms with E-state index in [1.807, 2.05) is 116 Å². The third kappa shape index (κ3) is 34.3. The van der Waals surface area contributed by atoms with Crippen LogP contribution in [0, 0.1) is 21.7 Å². The molecule has 5 nitrogen and oxygen atoms in total. The Morgan fingerprint density at radius 1 is 0.227 bits per heavy atom. The van der Waals surface area contributed by atoms with Crippen LogP contribution in [0.3, 0.4) is 0 Å². The first kappa shape index (κ1) is 74.1. The van der Waals surface area contributed by atoms with Gasteiger partial charge >= 0.3 is 0 Å². The highest BCUT2D eigenvalue weighted by Crippen LogP contribution is 2.26. The molecule has 464 valence electrons. The second-order valence-electron chi connectivity index (χ2n) is 30.3. The molecule has 0 bridgehead atoms. The number of benzene rings is 7. The van der Waals surface area contributed by atoms with Crippen LogP contribution >= 0.6 is 0 Å². The van der Waals surface area contributed by atoms with Crippen molar-refractivity contribution < 1.29 is 0 Å². The van der Waals surface area contributed by atoms with Crippen LogP contribution in [-0.2, 0) is 10.8 Å². The number of aromatic nitrogens is 5. The molecule has 0 unspecified atom stereocenters. The summed E-state index contributed by atoms with van der Waals surface area (Å²) in [4.78, 5) is 21.4. The number of hydrogen-bond acceptors (Lipinski definition) is 5. The number of nitrogens with zero attached hydrogens (tertiary/aromatic N) is 5. The van der Waals surface area contributed by atoms with E-state index in [1.54, 1.807) is 0 Å². The van der Waals surface area contributed by atoms with Gasteiger partial charge in [-0.1, -0.05) is 316 Å². The lowest BCUT2D eigenvalue weighted by molar-refractivity contribution is 0.469. The van der Waals surface area contributed by atoms with Gasteiger partial charge < -0.3 is 0 Å². The molecular formula is C83H107N5. The van der Waals surface area contributed by atoms with Gasteiger partial charge in [-0.25, -0.2) is 0 Å². The molecule has 12 rings (SSSR count). The van der Waals surface area contributed by atoms with Crippen molar-refractivity contribution >= 4 is 65.2 Å². The quantitative estimate of drug-likeness (QED) is 0.151. The third-order valence-electron chi connectivity index (χ3n) is 11.1. The predicted octanol–water partition coefficient (Wildman–Crippen LogP) is 24.8. The van der Waals surface area contributed by atoms with Crippen LogP contribution in [-0.4, -0.2) is 24.9 Å².